The van der Waals surface area contributed by atoms with E-state index in [0.29, 0.717) is 30.1 Å². The molecular formula is C24H23N5O. The van der Waals surface area contributed by atoms with E-state index in [1.165, 1.54) is 5.56 Å². The van der Waals surface area contributed by atoms with Gasteiger partial charge in [-0.25, -0.2) is 14.8 Å². The Balaban J connectivity index is 1.66. The highest BCUT2D eigenvalue weighted by Crippen LogP contribution is 2.21. The van der Waals surface area contributed by atoms with E-state index in [1.807, 2.05) is 67.6 Å². The minimum Gasteiger partial charge on any atom is -0.338 e. The summed E-state index contributed by atoms with van der Waals surface area (Å²) in [6.45, 7) is 2.96. The predicted octanol–water partition coefficient (Wildman–Crippen LogP) is 4.47. The molecule has 0 bridgehead atoms. The zero-order valence-electron chi connectivity index (χ0n) is 16.8. The average molecular weight is 397 g/mol. The highest BCUT2D eigenvalue weighted by atomic mass is 16.2. The zero-order chi connectivity index (χ0) is 20.8. The second-order valence-electron chi connectivity index (χ2n) is 6.86. The standard InChI is InChI=1S/C24H23N5O/c1-2-25-24(30)29(16-15-18-9-5-3-6-10-18)22-14-13-20-23(28-22)27-21(17-26-20)19-11-7-4-8-12-19/h3-14,17H,2,15-16H2,1H3,(H,25,30). The maximum Gasteiger partial charge on any atom is 0.323 e. The fraction of sp³-hybridized carbons (Fsp3) is 0.167. The van der Waals surface area contributed by atoms with Crippen LogP contribution in [0.25, 0.3) is 22.4 Å². The number of anilines is 1. The molecule has 2 heterocycles. The molecule has 0 atom stereocenters. The van der Waals surface area contributed by atoms with Gasteiger partial charge in [-0.3, -0.25) is 9.88 Å². The van der Waals surface area contributed by atoms with Gasteiger partial charge in [-0.05, 0) is 31.0 Å². The van der Waals surface area contributed by atoms with Gasteiger partial charge < -0.3 is 5.32 Å². The molecule has 0 spiro atoms. The molecule has 0 aliphatic rings. The number of hydrogen-bond donors (Lipinski definition) is 1. The van der Waals surface area contributed by atoms with Crippen LogP contribution in [0.4, 0.5) is 10.6 Å². The average Bonchev–Trinajstić information content (AvgIpc) is 2.80. The lowest BCUT2D eigenvalue weighted by atomic mass is 10.1. The largest absolute Gasteiger partial charge is 0.338 e. The SMILES string of the molecule is CCNC(=O)N(CCc1ccccc1)c1ccc2ncc(-c3ccccc3)nc2n1. The van der Waals surface area contributed by atoms with Gasteiger partial charge in [0.1, 0.15) is 11.3 Å². The van der Waals surface area contributed by atoms with Crippen LogP contribution < -0.4 is 10.2 Å². The van der Waals surface area contributed by atoms with Crippen molar-refractivity contribution in [1.82, 2.24) is 20.3 Å². The summed E-state index contributed by atoms with van der Waals surface area (Å²) in [6, 6.07) is 23.5. The van der Waals surface area contributed by atoms with Crippen LogP contribution in [0, 0.1) is 0 Å². The molecule has 0 radical (unpaired) electrons. The first-order valence-corrected chi connectivity index (χ1v) is 10.0. The van der Waals surface area contributed by atoms with Crippen molar-refractivity contribution in [2.45, 2.75) is 13.3 Å². The fourth-order valence-corrected chi connectivity index (χ4v) is 3.24. The molecule has 2 amide bonds. The summed E-state index contributed by atoms with van der Waals surface area (Å²) in [4.78, 5) is 28.2. The van der Waals surface area contributed by atoms with E-state index in [1.54, 1.807) is 11.1 Å². The molecule has 0 saturated heterocycles. The smallest absolute Gasteiger partial charge is 0.323 e. The second kappa shape index (κ2) is 9.13. The van der Waals surface area contributed by atoms with E-state index in [4.69, 9.17) is 0 Å². The minimum atomic E-state index is -0.174. The first-order chi connectivity index (χ1) is 14.7. The molecule has 0 fully saturated rings. The number of amides is 2. The number of hydrogen-bond acceptors (Lipinski definition) is 4. The summed E-state index contributed by atoms with van der Waals surface area (Å²) in [5.41, 5.74) is 4.10. The highest BCUT2D eigenvalue weighted by molar-refractivity contribution is 5.92. The maximum absolute atomic E-state index is 12.7. The normalized spacial score (nSPS) is 10.7. The molecule has 2 aromatic carbocycles. The molecule has 1 N–H and O–H groups in total. The molecule has 2 aromatic heterocycles. The molecule has 0 aliphatic carbocycles. The quantitative estimate of drug-likeness (QED) is 0.521. The van der Waals surface area contributed by atoms with Crippen LogP contribution in [0.1, 0.15) is 12.5 Å². The lowest BCUT2D eigenvalue weighted by molar-refractivity contribution is 0.246. The number of pyridine rings is 1. The van der Waals surface area contributed by atoms with Crippen molar-refractivity contribution in [1.29, 1.82) is 0 Å². The summed E-state index contributed by atoms with van der Waals surface area (Å²) in [5.74, 6) is 0.559. The maximum atomic E-state index is 12.7. The lowest BCUT2D eigenvalue weighted by Gasteiger charge is -2.22. The third-order valence-corrected chi connectivity index (χ3v) is 4.78. The van der Waals surface area contributed by atoms with E-state index < -0.39 is 0 Å². The van der Waals surface area contributed by atoms with Crippen LogP contribution in [-0.4, -0.2) is 34.1 Å². The molecule has 150 valence electrons. The van der Waals surface area contributed by atoms with E-state index in [2.05, 4.69) is 32.4 Å². The first-order valence-electron chi connectivity index (χ1n) is 10.0. The predicted molar refractivity (Wildman–Crippen MR) is 119 cm³/mol. The summed E-state index contributed by atoms with van der Waals surface area (Å²) < 4.78 is 0. The Morgan fingerprint density at radius 2 is 1.67 bits per heavy atom. The Labute approximate surface area is 175 Å². The Bertz CT molecular complexity index is 1130. The Hall–Kier alpha value is -3.80. The van der Waals surface area contributed by atoms with Crippen molar-refractivity contribution in [3.8, 4) is 11.3 Å². The Kier molecular flexibility index (Phi) is 5.94. The number of nitrogens with zero attached hydrogens (tertiary/aromatic N) is 4. The van der Waals surface area contributed by atoms with Crippen molar-refractivity contribution in [3.63, 3.8) is 0 Å². The molecular weight excluding hydrogens is 374 g/mol. The topological polar surface area (TPSA) is 71.0 Å². The van der Waals surface area contributed by atoms with Crippen LogP contribution >= 0.6 is 0 Å². The number of carbonyl (C=O) groups excluding carboxylic acids is 1. The van der Waals surface area contributed by atoms with Crippen LogP contribution in [0.5, 0.6) is 0 Å². The monoisotopic (exact) mass is 397 g/mol. The van der Waals surface area contributed by atoms with Gasteiger partial charge in [-0.2, -0.15) is 0 Å². The summed E-state index contributed by atoms with van der Waals surface area (Å²) in [5, 5.41) is 2.88. The number of carbonyl (C=O) groups is 1. The van der Waals surface area contributed by atoms with Crippen molar-refractivity contribution < 1.29 is 4.79 Å². The third kappa shape index (κ3) is 4.43. The molecule has 6 heteroatoms. The van der Waals surface area contributed by atoms with Crippen LogP contribution in [0.3, 0.4) is 0 Å². The van der Waals surface area contributed by atoms with Crippen molar-refractivity contribution >= 4 is 23.0 Å². The number of fused-ring (bicyclic) bond motifs is 1. The van der Waals surface area contributed by atoms with Gasteiger partial charge >= 0.3 is 6.03 Å². The fourth-order valence-electron chi connectivity index (χ4n) is 3.24. The van der Waals surface area contributed by atoms with Gasteiger partial charge in [-0.15, -0.1) is 0 Å². The third-order valence-electron chi connectivity index (χ3n) is 4.78. The van der Waals surface area contributed by atoms with Crippen molar-refractivity contribution in [2.75, 3.05) is 18.0 Å². The van der Waals surface area contributed by atoms with E-state index in [9.17, 15) is 4.79 Å². The number of benzene rings is 2. The summed E-state index contributed by atoms with van der Waals surface area (Å²) in [6.07, 6.45) is 2.48. The van der Waals surface area contributed by atoms with Gasteiger partial charge in [0.25, 0.3) is 0 Å². The zero-order valence-corrected chi connectivity index (χ0v) is 16.8. The van der Waals surface area contributed by atoms with Crippen molar-refractivity contribution in [2.24, 2.45) is 0 Å². The lowest BCUT2D eigenvalue weighted by Crippen LogP contribution is -2.41. The number of rotatable bonds is 6. The highest BCUT2D eigenvalue weighted by Gasteiger charge is 2.17. The first kappa shape index (κ1) is 19.5. The minimum absolute atomic E-state index is 0.174. The summed E-state index contributed by atoms with van der Waals surface area (Å²) >= 11 is 0. The molecule has 4 rings (SSSR count). The van der Waals surface area contributed by atoms with E-state index >= 15 is 0 Å². The second-order valence-corrected chi connectivity index (χ2v) is 6.86. The molecule has 4 aromatic rings. The van der Waals surface area contributed by atoms with Crippen molar-refractivity contribution in [3.05, 3.63) is 84.6 Å². The van der Waals surface area contributed by atoms with Crippen LogP contribution in [-0.2, 0) is 6.42 Å². The molecule has 30 heavy (non-hydrogen) atoms. The van der Waals surface area contributed by atoms with Gasteiger partial charge in [-0.1, -0.05) is 60.7 Å². The van der Waals surface area contributed by atoms with Crippen LogP contribution in [0.15, 0.2) is 79.0 Å². The van der Waals surface area contributed by atoms with E-state index in [0.717, 1.165) is 17.7 Å². The van der Waals surface area contributed by atoms with Gasteiger partial charge in [0, 0.05) is 18.7 Å². The molecule has 0 unspecified atom stereocenters. The molecule has 0 aliphatic heterocycles. The molecule has 0 saturated carbocycles. The number of nitrogens with one attached hydrogen (secondary N) is 1. The summed E-state index contributed by atoms with van der Waals surface area (Å²) in [7, 11) is 0. The van der Waals surface area contributed by atoms with Crippen LogP contribution in [0.2, 0.25) is 0 Å². The van der Waals surface area contributed by atoms with Gasteiger partial charge in [0.15, 0.2) is 5.65 Å². The Morgan fingerprint density at radius 1 is 0.933 bits per heavy atom. The Morgan fingerprint density at radius 3 is 2.40 bits per heavy atom. The number of aromatic nitrogens is 3. The van der Waals surface area contributed by atoms with Gasteiger partial charge in [0.05, 0.1) is 11.9 Å². The van der Waals surface area contributed by atoms with E-state index in [-0.39, 0.29) is 6.03 Å². The van der Waals surface area contributed by atoms with Gasteiger partial charge in [0.2, 0.25) is 0 Å². The number of urea groups is 1. The molecule has 6 nitrogen and oxygen atoms in total.